The number of carbonyl (C=O) groups is 1. The fourth-order valence-corrected chi connectivity index (χ4v) is 3.65. The maximum Gasteiger partial charge on any atom is 0.416 e. The molecule has 0 fully saturated rings. The Kier molecular flexibility index (Phi) is 6.59. The molecule has 0 N–H and O–H groups in total. The van der Waals surface area contributed by atoms with Gasteiger partial charge in [0.25, 0.3) is 5.91 Å². The molecule has 0 aliphatic heterocycles. The van der Waals surface area contributed by atoms with Gasteiger partial charge >= 0.3 is 6.18 Å². The lowest BCUT2D eigenvalue weighted by Gasteiger charge is -2.20. The molecule has 1 amide bonds. The Hall–Kier alpha value is -2.59. The SMILES string of the molecule is COc1ccc(C(=O)N(C)Cc2ccc(C(F)(F)F)cc2)cc1S(=O)(=O)N(C)C. The summed E-state index contributed by atoms with van der Waals surface area (Å²) in [6.45, 7) is 0.0543. The van der Waals surface area contributed by atoms with Gasteiger partial charge in [-0.05, 0) is 35.9 Å². The highest BCUT2D eigenvalue weighted by Crippen LogP contribution is 2.30. The van der Waals surface area contributed by atoms with E-state index in [0.29, 0.717) is 5.56 Å². The maximum absolute atomic E-state index is 12.7. The van der Waals surface area contributed by atoms with Crippen molar-refractivity contribution in [2.75, 3.05) is 28.3 Å². The lowest BCUT2D eigenvalue weighted by molar-refractivity contribution is -0.137. The molecule has 0 radical (unpaired) electrons. The average molecular weight is 430 g/mol. The lowest BCUT2D eigenvalue weighted by Crippen LogP contribution is -2.27. The van der Waals surface area contributed by atoms with Gasteiger partial charge in [-0.3, -0.25) is 4.79 Å². The van der Waals surface area contributed by atoms with Crippen LogP contribution < -0.4 is 4.74 Å². The van der Waals surface area contributed by atoms with Crippen molar-refractivity contribution >= 4 is 15.9 Å². The van der Waals surface area contributed by atoms with Crippen LogP contribution in [0.1, 0.15) is 21.5 Å². The van der Waals surface area contributed by atoms with E-state index in [0.717, 1.165) is 16.4 Å². The molecule has 0 saturated carbocycles. The standard InChI is InChI=1S/C19H21F3N2O4S/c1-23(2)29(26,27)17-11-14(7-10-16(17)28-4)18(25)24(3)12-13-5-8-15(9-6-13)19(20,21)22/h5-11H,12H2,1-4H3. The fraction of sp³-hybridized carbons (Fsp3) is 0.316. The monoisotopic (exact) mass is 430 g/mol. The summed E-state index contributed by atoms with van der Waals surface area (Å²) < 4.78 is 69.0. The molecule has 2 aromatic carbocycles. The molecule has 0 atom stereocenters. The van der Waals surface area contributed by atoms with E-state index in [1.807, 2.05) is 0 Å². The fourth-order valence-electron chi connectivity index (χ4n) is 2.57. The number of carbonyl (C=O) groups excluding carboxylic acids is 1. The van der Waals surface area contributed by atoms with Crippen LogP contribution in [0.15, 0.2) is 47.4 Å². The van der Waals surface area contributed by atoms with Gasteiger partial charge in [0.05, 0.1) is 12.7 Å². The van der Waals surface area contributed by atoms with Gasteiger partial charge in [0.15, 0.2) is 0 Å². The molecule has 2 aromatic rings. The van der Waals surface area contributed by atoms with Gasteiger partial charge < -0.3 is 9.64 Å². The van der Waals surface area contributed by atoms with E-state index in [1.165, 1.54) is 63.5 Å². The topological polar surface area (TPSA) is 66.9 Å². The molecule has 0 bridgehead atoms. The van der Waals surface area contributed by atoms with Crippen LogP contribution in [0.4, 0.5) is 13.2 Å². The van der Waals surface area contributed by atoms with Gasteiger partial charge in [0.1, 0.15) is 10.6 Å². The van der Waals surface area contributed by atoms with Crippen LogP contribution in [0.5, 0.6) is 5.75 Å². The van der Waals surface area contributed by atoms with Crippen molar-refractivity contribution < 1.29 is 31.1 Å². The minimum Gasteiger partial charge on any atom is -0.495 e. The predicted molar refractivity (Wildman–Crippen MR) is 101 cm³/mol. The van der Waals surface area contributed by atoms with E-state index in [-0.39, 0.29) is 22.8 Å². The first-order valence-electron chi connectivity index (χ1n) is 8.40. The van der Waals surface area contributed by atoms with Gasteiger partial charge in [-0.2, -0.15) is 13.2 Å². The highest BCUT2D eigenvalue weighted by molar-refractivity contribution is 7.89. The number of amides is 1. The van der Waals surface area contributed by atoms with Gasteiger partial charge in [-0.15, -0.1) is 0 Å². The van der Waals surface area contributed by atoms with E-state index in [9.17, 15) is 26.4 Å². The van der Waals surface area contributed by atoms with Gasteiger partial charge in [-0.1, -0.05) is 12.1 Å². The predicted octanol–water partition coefficient (Wildman–Crippen LogP) is 3.24. The summed E-state index contributed by atoms with van der Waals surface area (Å²) in [7, 11) is 1.67. The number of halogens is 3. The largest absolute Gasteiger partial charge is 0.495 e. The number of sulfonamides is 1. The maximum atomic E-state index is 12.7. The summed E-state index contributed by atoms with van der Waals surface area (Å²) in [6.07, 6.45) is -4.43. The number of nitrogens with zero attached hydrogens (tertiary/aromatic N) is 2. The van der Waals surface area contributed by atoms with Crippen molar-refractivity contribution in [1.82, 2.24) is 9.21 Å². The zero-order chi connectivity index (χ0) is 22.0. The first-order valence-corrected chi connectivity index (χ1v) is 9.84. The van der Waals surface area contributed by atoms with E-state index in [4.69, 9.17) is 4.74 Å². The molecule has 10 heteroatoms. The van der Waals surface area contributed by atoms with Crippen molar-refractivity contribution in [3.63, 3.8) is 0 Å². The van der Waals surface area contributed by atoms with Gasteiger partial charge in [-0.25, -0.2) is 12.7 Å². The second-order valence-corrected chi connectivity index (χ2v) is 8.63. The Morgan fingerprint density at radius 2 is 1.62 bits per heavy atom. The third-order valence-corrected chi connectivity index (χ3v) is 6.05. The molecule has 0 aromatic heterocycles. The second-order valence-electron chi connectivity index (χ2n) is 6.51. The van der Waals surface area contributed by atoms with Crippen molar-refractivity contribution in [3.8, 4) is 5.75 Å². The highest BCUT2D eigenvalue weighted by atomic mass is 32.2. The molecule has 0 spiro atoms. The summed E-state index contributed by atoms with van der Waals surface area (Å²) in [5.74, 6) is -0.386. The zero-order valence-corrected chi connectivity index (χ0v) is 17.1. The van der Waals surface area contributed by atoms with E-state index in [1.54, 1.807) is 0 Å². The van der Waals surface area contributed by atoms with E-state index < -0.39 is 27.7 Å². The van der Waals surface area contributed by atoms with Gasteiger partial charge in [0, 0.05) is 33.3 Å². The molecular weight excluding hydrogens is 409 g/mol. The van der Waals surface area contributed by atoms with Crippen LogP contribution in [0.2, 0.25) is 0 Å². The van der Waals surface area contributed by atoms with Crippen LogP contribution in [-0.4, -0.2) is 51.8 Å². The summed E-state index contributed by atoms with van der Waals surface area (Å²) in [4.78, 5) is 13.9. The number of benzene rings is 2. The normalized spacial score (nSPS) is 12.1. The summed E-state index contributed by atoms with van der Waals surface area (Å²) in [5, 5.41) is 0. The van der Waals surface area contributed by atoms with Crippen molar-refractivity contribution in [3.05, 3.63) is 59.2 Å². The first-order chi connectivity index (χ1) is 13.4. The smallest absolute Gasteiger partial charge is 0.416 e. The number of ether oxygens (including phenoxy) is 1. The van der Waals surface area contributed by atoms with Crippen LogP contribution >= 0.6 is 0 Å². The Morgan fingerprint density at radius 1 is 1.03 bits per heavy atom. The molecule has 0 saturated heterocycles. The number of alkyl halides is 3. The molecule has 0 heterocycles. The molecule has 0 aliphatic rings. The summed E-state index contributed by atoms with van der Waals surface area (Å²) in [5.41, 5.74) is -0.159. The minimum absolute atomic E-state index is 0.0543. The third kappa shape index (κ3) is 5.07. The molecule has 2 rings (SSSR count). The van der Waals surface area contributed by atoms with E-state index in [2.05, 4.69) is 0 Å². The summed E-state index contributed by atoms with van der Waals surface area (Å²) >= 11 is 0. The Labute approximate surface area is 167 Å². The number of hydrogen-bond donors (Lipinski definition) is 0. The molecular formula is C19H21F3N2O4S. The zero-order valence-electron chi connectivity index (χ0n) is 16.3. The highest BCUT2D eigenvalue weighted by Gasteiger charge is 2.30. The molecule has 6 nitrogen and oxygen atoms in total. The van der Waals surface area contributed by atoms with Crippen molar-refractivity contribution in [2.45, 2.75) is 17.6 Å². The van der Waals surface area contributed by atoms with Crippen LogP contribution in [0, 0.1) is 0 Å². The van der Waals surface area contributed by atoms with Gasteiger partial charge in [0.2, 0.25) is 10.0 Å². The number of methoxy groups -OCH3 is 1. The molecule has 29 heavy (non-hydrogen) atoms. The van der Waals surface area contributed by atoms with E-state index >= 15 is 0 Å². The molecule has 158 valence electrons. The van der Waals surface area contributed by atoms with Crippen molar-refractivity contribution in [1.29, 1.82) is 0 Å². The van der Waals surface area contributed by atoms with Crippen molar-refractivity contribution in [2.24, 2.45) is 0 Å². The van der Waals surface area contributed by atoms with Crippen LogP contribution in [0.25, 0.3) is 0 Å². The average Bonchev–Trinajstić information content (AvgIpc) is 2.66. The van der Waals surface area contributed by atoms with Crippen LogP contribution in [-0.2, 0) is 22.7 Å². The first kappa shape index (κ1) is 22.7. The second kappa shape index (κ2) is 8.42. The number of rotatable bonds is 6. The molecule has 0 aliphatic carbocycles. The Balaban J connectivity index is 2.27. The third-order valence-electron chi connectivity index (χ3n) is 4.22. The Morgan fingerprint density at radius 3 is 2.10 bits per heavy atom. The lowest BCUT2D eigenvalue weighted by atomic mass is 10.1. The Bertz CT molecular complexity index is 988. The molecule has 0 unspecified atom stereocenters. The quantitative estimate of drug-likeness (QED) is 0.706. The number of hydrogen-bond acceptors (Lipinski definition) is 4. The summed E-state index contributed by atoms with van der Waals surface area (Å²) in [6, 6.07) is 8.52. The minimum atomic E-state index is -4.43. The van der Waals surface area contributed by atoms with Crippen LogP contribution in [0.3, 0.4) is 0 Å².